The van der Waals surface area contributed by atoms with Crippen LogP contribution in [0.25, 0.3) is 66.1 Å². The molecule has 286 valence electrons. The molecule has 2 heteroatoms. The van der Waals surface area contributed by atoms with E-state index >= 15 is 0 Å². The monoisotopic (exact) mass is 777 g/mol. The number of benzene rings is 10. The van der Waals surface area contributed by atoms with Crippen LogP contribution in [0.2, 0.25) is 0 Å². The highest BCUT2D eigenvalue weighted by molar-refractivity contribution is 6.14. The van der Waals surface area contributed by atoms with Crippen LogP contribution in [0, 0.1) is 0 Å². The molecule has 1 atom stereocenters. The summed E-state index contributed by atoms with van der Waals surface area (Å²) in [6, 6.07) is 85.8. The number of para-hydroxylation sites is 1. The first kappa shape index (κ1) is 35.0. The lowest BCUT2D eigenvalue weighted by Gasteiger charge is -2.34. The summed E-state index contributed by atoms with van der Waals surface area (Å²) >= 11 is 0. The minimum absolute atomic E-state index is 0.571. The zero-order valence-electron chi connectivity index (χ0n) is 33.4. The summed E-state index contributed by atoms with van der Waals surface area (Å²) in [6.07, 6.45) is 0. The van der Waals surface area contributed by atoms with Crippen molar-refractivity contribution in [3.8, 4) is 33.4 Å². The van der Waals surface area contributed by atoms with Gasteiger partial charge in [-0.2, -0.15) is 0 Å². The van der Waals surface area contributed by atoms with Crippen LogP contribution in [0.5, 0.6) is 0 Å². The minimum Gasteiger partial charge on any atom is -0.456 e. The van der Waals surface area contributed by atoms with Crippen LogP contribution in [-0.4, -0.2) is 0 Å². The maximum atomic E-state index is 6.98. The van der Waals surface area contributed by atoms with Gasteiger partial charge < -0.3 is 9.32 Å². The second-order valence-corrected chi connectivity index (χ2v) is 16.0. The van der Waals surface area contributed by atoms with Crippen LogP contribution < -0.4 is 4.90 Å². The first-order valence-corrected chi connectivity index (χ1v) is 21.0. The third kappa shape index (κ3) is 5.50. The molecule has 1 aliphatic rings. The molecule has 2 nitrogen and oxygen atoms in total. The highest BCUT2D eigenvalue weighted by atomic mass is 16.3. The first-order valence-electron chi connectivity index (χ1n) is 21.0. The Morgan fingerprint density at radius 2 is 1.00 bits per heavy atom. The van der Waals surface area contributed by atoms with E-state index in [1.807, 2.05) is 0 Å². The Bertz CT molecular complexity index is 3420. The molecule has 1 unspecified atom stereocenters. The molecule has 0 fully saturated rings. The van der Waals surface area contributed by atoms with Gasteiger partial charge in [-0.15, -0.1) is 0 Å². The Labute approximate surface area is 355 Å². The van der Waals surface area contributed by atoms with Crippen molar-refractivity contribution >= 4 is 49.8 Å². The van der Waals surface area contributed by atoms with Crippen molar-refractivity contribution in [2.45, 2.75) is 5.41 Å². The number of rotatable bonds is 7. The quantitative estimate of drug-likeness (QED) is 0.160. The zero-order valence-corrected chi connectivity index (χ0v) is 33.4. The molecule has 61 heavy (non-hydrogen) atoms. The van der Waals surface area contributed by atoms with E-state index in [1.165, 1.54) is 60.8 Å². The third-order valence-corrected chi connectivity index (χ3v) is 12.7. The second kappa shape index (κ2) is 14.1. The number of hydrogen-bond donors (Lipinski definition) is 0. The maximum absolute atomic E-state index is 6.98. The minimum atomic E-state index is -0.571. The van der Waals surface area contributed by atoms with Gasteiger partial charge in [0.15, 0.2) is 0 Å². The van der Waals surface area contributed by atoms with Crippen molar-refractivity contribution in [1.82, 2.24) is 0 Å². The van der Waals surface area contributed by atoms with Crippen molar-refractivity contribution in [3.63, 3.8) is 0 Å². The molecule has 10 aromatic carbocycles. The van der Waals surface area contributed by atoms with Crippen LogP contribution in [0.15, 0.2) is 241 Å². The molecule has 0 aliphatic heterocycles. The lowest BCUT2D eigenvalue weighted by Crippen LogP contribution is -2.28. The molecule has 0 saturated heterocycles. The molecule has 11 aromatic rings. The lowest BCUT2D eigenvalue weighted by atomic mass is 9.66. The normalized spacial score (nSPS) is 14.3. The fourth-order valence-corrected chi connectivity index (χ4v) is 10.1. The van der Waals surface area contributed by atoms with Gasteiger partial charge in [0.2, 0.25) is 0 Å². The smallest absolute Gasteiger partial charge is 0.137 e. The van der Waals surface area contributed by atoms with Crippen molar-refractivity contribution in [2.24, 2.45) is 0 Å². The van der Waals surface area contributed by atoms with Crippen LogP contribution >= 0.6 is 0 Å². The van der Waals surface area contributed by atoms with E-state index in [-0.39, 0.29) is 0 Å². The highest BCUT2D eigenvalue weighted by Crippen LogP contribution is 2.58. The van der Waals surface area contributed by atoms with Crippen molar-refractivity contribution in [1.29, 1.82) is 0 Å². The van der Waals surface area contributed by atoms with Gasteiger partial charge in [0.05, 0.1) is 16.5 Å². The van der Waals surface area contributed by atoms with Gasteiger partial charge in [0.25, 0.3) is 0 Å². The Morgan fingerprint density at radius 3 is 1.84 bits per heavy atom. The van der Waals surface area contributed by atoms with E-state index in [1.54, 1.807) is 0 Å². The van der Waals surface area contributed by atoms with Gasteiger partial charge in [-0.25, -0.2) is 0 Å². The molecular formula is C59H39NO. The standard InChI is InChI=1S/C59H39NO/c1-4-17-40(18-5-1)42-20-14-21-43(37-42)44-22-15-27-48(38-44)60(47-25-8-3-9-26-47)54-31-16-32-55-57(54)52-36-34-46(39-56(52)61-55)59(45-23-6-2-7-24-45)53-30-13-12-29-50(53)51-35-33-41-19-10-11-28-49(41)58(51)59/h1-39H. The fourth-order valence-electron chi connectivity index (χ4n) is 10.1. The Morgan fingerprint density at radius 1 is 0.361 bits per heavy atom. The lowest BCUT2D eigenvalue weighted by molar-refractivity contribution is 0.666. The van der Waals surface area contributed by atoms with Gasteiger partial charge in [-0.1, -0.05) is 188 Å². The molecule has 0 saturated carbocycles. The Kier molecular flexibility index (Phi) is 8.11. The molecule has 0 N–H and O–H groups in total. The topological polar surface area (TPSA) is 16.4 Å². The van der Waals surface area contributed by atoms with E-state index in [0.29, 0.717) is 0 Å². The SMILES string of the molecule is c1ccc(-c2cccc(-c3cccc(N(c4ccccc4)c4cccc5oc6cc(C7(c8ccccc8)c8ccccc8-c8ccc9ccccc9c87)ccc6c45)c3)c2)cc1. The maximum Gasteiger partial charge on any atom is 0.137 e. The summed E-state index contributed by atoms with van der Waals surface area (Å²) in [7, 11) is 0. The van der Waals surface area contributed by atoms with Crippen LogP contribution in [0.1, 0.15) is 22.3 Å². The summed E-state index contributed by atoms with van der Waals surface area (Å²) in [5.74, 6) is 0. The largest absolute Gasteiger partial charge is 0.456 e. The summed E-state index contributed by atoms with van der Waals surface area (Å²) in [4.78, 5) is 2.37. The molecule has 0 spiro atoms. The summed E-state index contributed by atoms with van der Waals surface area (Å²) in [5, 5.41) is 4.66. The van der Waals surface area contributed by atoms with E-state index in [0.717, 1.165) is 44.6 Å². The number of furan rings is 1. The predicted molar refractivity (Wildman–Crippen MR) is 254 cm³/mol. The predicted octanol–water partition coefficient (Wildman–Crippen LogP) is 15.9. The van der Waals surface area contributed by atoms with Gasteiger partial charge in [-0.3, -0.25) is 0 Å². The summed E-state index contributed by atoms with van der Waals surface area (Å²) in [5.41, 5.74) is 16.6. The zero-order chi connectivity index (χ0) is 40.3. The second-order valence-electron chi connectivity index (χ2n) is 16.0. The van der Waals surface area contributed by atoms with E-state index in [9.17, 15) is 0 Å². The third-order valence-electron chi connectivity index (χ3n) is 12.7. The summed E-state index contributed by atoms with van der Waals surface area (Å²) < 4.78 is 6.98. The van der Waals surface area contributed by atoms with E-state index in [4.69, 9.17) is 4.42 Å². The Hall–Kier alpha value is -7.94. The number of hydrogen-bond acceptors (Lipinski definition) is 2. The van der Waals surface area contributed by atoms with Crippen molar-refractivity contribution in [2.75, 3.05) is 4.90 Å². The molecule has 1 heterocycles. The molecule has 0 amide bonds. The number of fused-ring (bicyclic) bond motifs is 8. The molecule has 0 radical (unpaired) electrons. The van der Waals surface area contributed by atoms with Crippen molar-refractivity contribution < 1.29 is 4.42 Å². The van der Waals surface area contributed by atoms with Crippen LogP contribution in [0.3, 0.4) is 0 Å². The molecular weight excluding hydrogens is 739 g/mol. The Balaban J connectivity index is 1.06. The van der Waals surface area contributed by atoms with Gasteiger partial charge in [-0.05, 0) is 115 Å². The average molecular weight is 778 g/mol. The average Bonchev–Trinajstić information content (AvgIpc) is 3.87. The molecule has 12 rings (SSSR count). The molecule has 0 bridgehead atoms. The molecule has 1 aliphatic carbocycles. The molecule has 1 aromatic heterocycles. The van der Waals surface area contributed by atoms with Crippen LogP contribution in [0.4, 0.5) is 17.1 Å². The van der Waals surface area contributed by atoms with Gasteiger partial charge >= 0.3 is 0 Å². The van der Waals surface area contributed by atoms with Crippen LogP contribution in [-0.2, 0) is 5.41 Å². The van der Waals surface area contributed by atoms with Crippen molar-refractivity contribution in [3.05, 3.63) is 259 Å². The van der Waals surface area contributed by atoms with E-state index < -0.39 is 5.41 Å². The first-order chi connectivity index (χ1) is 30.3. The fraction of sp³-hybridized carbons (Fsp3) is 0.0169. The number of nitrogens with zero attached hydrogens (tertiary/aromatic N) is 1. The summed E-state index contributed by atoms with van der Waals surface area (Å²) in [6.45, 7) is 0. The number of anilines is 3. The van der Waals surface area contributed by atoms with Gasteiger partial charge in [0, 0.05) is 16.8 Å². The van der Waals surface area contributed by atoms with E-state index in [2.05, 4.69) is 241 Å². The van der Waals surface area contributed by atoms with Gasteiger partial charge in [0.1, 0.15) is 11.2 Å². The highest BCUT2D eigenvalue weighted by Gasteiger charge is 2.47.